The molecule has 0 spiro atoms. The smallest absolute Gasteiger partial charge is 0.258 e. The Bertz CT molecular complexity index is 679. The van der Waals surface area contributed by atoms with E-state index >= 15 is 0 Å². The van der Waals surface area contributed by atoms with Crippen molar-refractivity contribution in [1.82, 2.24) is 5.32 Å². The Morgan fingerprint density at radius 2 is 2.18 bits per heavy atom. The fourth-order valence-corrected chi connectivity index (χ4v) is 3.16. The molecule has 0 saturated heterocycles. The summed E-state index contributed by atoms with van der Waals surface area (Å²) in [6, 6.07) is 9.37. The first kappa shape index (κ1) is 14.8. The van der Waals surface area contributed by atoms with Gasteiger partial charge in [-0.25, -0.2) is 0 Å². The number of hydrogen-bond donors (Lipinski definition) is 1. The number of aryl methyl sites for hydroxylation is 1. The number of hydrogen-bond acceptors (Lipinski definition) is 4. The van der Waals surface area contributed by atoms with E-state index < -0.39 is 0 Å². The summed E-state index contributed by atoms with van der Waals surface area (Å²) < 4.78 is 5.52. The summed E-state index contributed by atoms with van der Waals surface area (Å²) in [5, 5.41) is 4.80. The normalized spacial score (nSPS) is 13.5. The molecule has 2 aromatic rings. The number of nitrogens with one attached hydrogen (secondary N) is 1. The van der Waals surface area contributed by atoms with Crippen LogP contribution in [0.2, 0.25) is 0 Å². The molecule has 0 fully saturated rings. The fourth-order valence-electron chi connectivity index (χ4n) is 2.51. The molecule has 0 unspecified atom stereocenters. The number of carbonyl (C=O) groups excluding carboxylic acids is 2. The Kier molecular flexibility index (Phi) is 4.53. The molecular weight excluding hydrogens is 298 g/mol. The lowest BCUT2D eigenvalue weighted by Crippen LogP contribution is -2.28. The summed E-state index contributed by atoms with van der Waals surface area (Å²) >= 11 is 1.61. The van der Waals surface area contributed by atoms with Crippen LogP contribution in [0.1, 0.15) is 33.6 Å². The van der Waals surface area contributed by atoms with Crippen LogP contribution in [0.5, 0.6) is 5.75 Å². The summed E-state index contributed by atoms with van der Waals surface area (Å²) in [6.07, 6.45) is 2.40. The molecule has 1 aliphatic carbocycles. The Morgan fingerprint density at radius 3 is 3.00 bits per heavy atom. The molecular formula is C17H17NO3S. The second kappa shape index (κ2) is 6.75. The molecule has 1 heterocycles. The molecule has 1 N–H and O–H groups in total. The molecule has 1 aromatic carbocycles. The Labute approximate surface area is 133 Å². The predicted octanol–water partition coefficient (Wildman–Crippen LogP) is 2.96. The van der Waals surface area contributed by atoms with Gasteiger partial charge in [-0.05, 0) is 48.1 Å². The van der Waals surface area contributed by atoms with Crippen LogP contribution in [0.3, 0.4) is 0 Å². The van der Waals surface area contributed by atoms with Crippen molar-refractivity contribution in [1.29, 1.82) is 0 Å². The van der Waals surface area contributed by atoms with Gasteiger partial charge >= 0.3 is 0 Å². The van der Waals surface area contributed by atoms with E-state index in [1.165, 1.54) is 0 Å². The highest BCUT2D eigenvalue weighted by Gasteiger charge is 2.17. The van der Waals surface area contributed by atoms with Gasteiger partial charge in [0.15, 0.2) is 12.4 Å². The van der Waals surface area contributed by atoms with Gasteiger partial charge in [-0.1, -0.05) is 6.07 Å². The molecule has 22 heavy (non-hydrogen) atoms. The molecule has 1 aliphatic rings. The van der Waals surface area contributed by atoms with E-state index in [2.05, 4.69) is 5.32 Å². The van der Waals surface area contributed by atoms with Crippen LogP contribution in [0.25, 0.3) is 0 Å². The van der Waals surface area contributed by atoms with E-state index in [1.54, 1.807) is 23.5 Å². The van der Waals surface area contributed by atoms with Gasteiger partial charge in [0.25, 0.3) is 5.91 Å². The number of ether oxygens (including phenoxy) is 1. The Morgan fingerprint density at radius 1 is 1.27 bits per heavy atom. The second-order valence-corrected chi connectivity index (χ2v) is 6.27. The summed E-state index contributed by atoms with van der Waals surface area (Å²) in [6.45, 7) is 0.511. The first-order valence-corrected chi connectivity index (χ1v) is 8.18. The lowest BCUT2D eigenvalue weighted by atomic mass is 9.91. The molecule has 114 valence electrons. The van der Waals surface area contributed by atoms with Crippen molar-refractivity contribution in [3.8, 4) is 5.75 Å². The molecule has 0 radical (unpaired) electrons. The molecule has 0 aliphatic heterocycles. The number of fused-ring (bicyclic) bond motifs is 1. The molecule has 5 heteroatoms. The molecule has 1 amide bonds. The summed E-state index contributed by atoms with van der Waals surface area (Å²) in [4.78, 5) is 24.6. The third kappa shape index (κ3) is 3.54. The van der Waals surface area contributed by atoms with Crippen LogP contribution >= 0.6 is 11.3 Å². The van der Waals surface area contributed by atoms with Gasteiger partial charge in [0.1, 0.15) is 5.75 Å². The molecule has 4 nitrogen and oxygen atoms in total. The van der Waals surface area contributed by atoms with E-state index in [0.29, 0.717) is 18.7 Å². The highest BCUT2D eigenvalue weighted by atomic mass is 32.1. The van der Waals surface area contributed by atoms with Crippen LogP contribution in [0.4, 0.5) is 0 Å². The summed E-state index contributed by atoms with van der Waals surface area (Å²) in [7, 11) is 0. The van der Waals surface area contributed by atoms with Gasteiger partial charge in [-0.3, -0.25) is 9.59 Å². The molecule has 3 rings (SSSR count). The van der Waals surface area contributed by atoms with Crippen molar-refractivity contribution in [3.05, 3.63) is 51.7 Å². The van der Waals surface area contributed by atoms with Gasteiger partial charge in [-0.15, -0.1) is 11.3 Å². The van der Waals surface area contributed by atoms with Crippen LogP contribution in [0.15, 0.2) is 35.7 Å². The van der Waals surface area contributed by atoms with Crippen molar-refractivity contribution in [3.63, 3.8) is 0 Å². The van der Waals surface area contributed by atoms with Crippen LogP contribution < -0.4 is 10.1 Å². The zero-order chi connectivity index (χ0) is 15.4. The van der Waals surface area contributed by atoms with Gasteiger partial charge < -0.3 is 10.1 Å². The van der Waals surface area contributed by atoms with Crippen molar-refractivity contribution < 1.29 is 14.3 Å². The fraction of sp³-hybridized carbons (Fsp3) is 0.294. The van der Waals surface area contributed by atoms with Gasteiger partial charge in [0.2, 0.25) is 0 Å². The minimum atomic E-state index is -0.151. The minimum absolute atomic E-state index is 0.0158. The van der Waals surface area contributed by atoms with E-state index in [0.717, 1.165) is 28.8 Å². The van der Waals surface area contributed by atoms with E-state index in [4.69, 9.17) is 4.74 Å². The Hall–Kier alpha value is -2.14. The molecule has 0 atom stereocenters. The number of benzene rings is 1. The number of carbonyl (C=O) groups is 2. The van der Waals surface area contributed by atoms with Crippen molar-refractivity contribution in [2.24, 2.45) is 0 Å². The third-order valence-electron chi connectivity index (χ3n) is 3.64. The van der Waals surface area contributed by atoms with Gasteiger partial charge in [0, 0.05) is 16.9 Å². The maximum absolute atomic E-state index is 11.8. The first-order chi connectivity index (χ1) is 10.7. The largest absolute Gasteiger partial charge is 0.484 e. The van der Waals surface area contributed by atoms with E-state index in [9.17, 15) is 9.59 Å². The quantitative estimate of drug-likeness (QED) is 0.923. The van der Waals surface area contributed by atoms with Crippen molar-refractivity contribution >= 4 is 23.0 Å². The molecule has 1 aromatic heterocycles. The van der Waals surface area contributed by atoms with Crippen LogP contribution in [-0.4, -0.2) is 18.3 Å². The first-order valence-electron chi connectivity index (χ1n) is 7.30. The standard InChI is InChI=1S/C17H17NO3S/c19-16-5-1-3-12-9-13(6-7-15(12)16)21-11-17(20)18-10-14-4-2-8-22-14/h2,4,6-9H,1,3,5,10-11H2,(H,18,20). The van der Waals surface area contributed by atoms with Gasteiger partial charge in [0.05, 0.1) is 6.54 Å². The number of ketones is 1. The highest BCUT2D eigenvalue weighted by Crippen LogP contribution is 2.25. The zero-order valence-corrected chi connectivity index (χ0v) is 12.9. The second-order valence-electron chi connectivity index (χ2n) is 5.24. The predicted molar refractivity (Wildman–Crippen MR) is 85.4 cm³/mol. The maximum Gasteiger partial charge on any atom is 0.258 e. The average Bonchev–Trinajstić information content (AvgIpc) is 3.04. The maximum atomic E-state index is 11.8. The van der Waals surface area contributed by atoms with E-state index in [-0.39, 0.29) is 18.3 Å². The summed E-state index contributed by atoms with van der Waals surface area (Å²) in [5.41, 5.74) is 1.81. The monoisotopic (exact) mass is 315 g/mol. The number of thiophene rings is 1. The van der Waals surface area contributed by atoms with E-state index in [1.807, 2.05) is 23.6 Å². The SMILES string of the molecule is O=C(COc1ccc2c(c1)CCCC2=O)NCc1cccs1. The number of rotatable bonds is 5. The Balaban J connectivity index is 1.53. The van der Waals surface area contributed by atoms with Crippen molar-refractivity contribution in [2.45, 2.75) is 25.8 Å². The van der Waals surface area contributed by atoms with Crippen LogP contribution in [-0.2, 0) is 17.8 Å². The average molecular weight is 315 g/mol. The van der Waals surface area contributed by atoms with Crippen LogP contribution in [0, 0.1) is 0 Å². The lowest BCUT2D eigenvalue weighted by molar-refractivity contribution is -0.123. The lowest BCUT2D eigenvalue weighted by Gasteiger charge is -2.15. The summed E-state index contributed by atoms with van der Waals surface area (Å²) in [5.74, 6) is 0.684. The molecule has 0 bridgehead atoms. The topological polar surface area (TPSA) is 55.4 Å². The third-order valence-corrected chi connectivity index (χ3v) is 4.51. The highest BCUT2D eigenvalue weighted by molar-refractivity contribution is 7.09. The molecule has 0 saturated carbocycles. The van der Waals surface area contributed by atoms with Crippen molar-refractivity contribution in [2.75, 3.05) is 6.61 Å². The minimum Gasteiger partial charge on any atom is -0.484 e. The zero-order valence-electron chi connectivity index (χ0n) is 12.1. The number of amides is 1. The number of Topliss-reactive ketones (excluding diaryl/α,β-unsaturated/α-hetero) is 1. The van der Waals surface area contributed by atoms with Gasteiger partial charge in [-0.2, -0.15) is 0 Å².